The van der Waals surface area contributed by atoms with Crippen molar-refractivity contribution in [1.29, 1.82) is 0 Å². The summed E-state index contributed by atoms with van der Waals surface area (Å²) in [6.45, 7) is 13.9. The highest BCUT2D eigenvalue weighted by molar-refractivity contribution is 7.84. The van der Waals surface area contributed by atoms with Crippen LogP contribution in [0.2, 0.25) is 0 Å². The molecule has 0 bridgehead atoms. The lowest BCUT2D eigenvalue weighted by atomic mass is 10.2. The third-order valence-corrected chi connectivity index (χ3v) is 3.98. The number of ether oxygens (including phenoxy) is 3. The van der Waals surface area contributed by atoms with E-state index >= 15 is 0 Å². The molecule has 0 fully saturated rings. The summed E-state index contributed by atoms with van der Waals surface area (Å²) >= 11 is 0. The lowest BCUT2D eigenvalue weighted by Crippen LogP contribution is -2.48. The van der Waals surface area contributed by atoms with E-state index in [9.17, 15) is 4.21 Å². The zero-order valence-electron chi connectivity index (χ0n) is 12.9. The van der Waals surface area contributed by atoms with Gasteiger partial charge in [-0.05, 0) is 20.8 Å². The fourth-order valence-corrected chi connectivity index (χ4v) is 2.11. The van der Waals surface area contributed by atoms with Crippen molar-refractivity contribution in [3.63, 3.8) is 0 Å². The molecule has 118 valence electrons. The molecular weight excluding hydrogens is 278 g/mol. The smallest absolute Gasteiger partial charge is 0.147 e. The maximum atomic E-state index is 12.2. The van der Waals surface area contributed by atoms with Crippen LogP contribution in [0.25, 0.3) is 0 Å². The fraction of sp³-hybridized carbons (Fsp3) is 0.714. The minimum absolute atomic E-state index is 0.137. The van der Waals surface area contributed by atoms with E-state index in [1.54, 1.807) is 19.3 Å². The highest BCUT2D eigenvalue weighted by Gasteiger charge is 2.27. The van der Waals surface area contributed by atoms with Crippen LogP contribution in [0.3, 0.4) is 0 Å². The summed E-state index contributed by atoms with van der Waals surface area (Å²) < 4.78 is 30.7. The summed E-state index contributed by atoms with van der Waals surface area (Å²) in [5.74, 6) is 0. The Labute approximate surface area is 125 Å². The largest absolute Gasteiger partial charge is 0.376 e. The summed E-state index contributed by atoms with van der Waals surface area (Å²) in [7, 11) is 0.321. The molecule has 1 N–H and O–H groups in total. The van der Waals surface area contributed by atoms with Crippen molar-refractivity contribution < 1.29 is 18.4 Å². The minimum atomic E-state index is -1.22. The van der Waals surface area contributed by atoms with Crippen molar-refractivity contribution in [1.82, 2.24) is 4.72 Å². The summed E-state index contributed by atoms with van der Waals surface area (Å²) in [6, 6.07) is -0.275. The summed E-state index contributed by atoms with van der Waals surface area (Å²) in [6.07, 6.45) is 2.95. The van der Waals surface area contributed by atoms with E-state index in [1.165, 1.54) is 0 Å². The van der Waals surface area contributed by atoms with Crippen LogP contribution in [-0.4, -0.2) is 48.2 Å². The van der Waals surface area contributed by atoms with E-state index in [1.807, 2.05) is 20.8 Å². The van der Waals surface area contributed by atoms with Crippen molar-refractivity contribution in [3.05, 3.63) is 25.3 Å². The van der Waals surface area contributed by atoms with Gasteiger partial charge in [0.1, 0.15) is 6.79 Å². The predicted octanol–water partition coefficient (Wildman–Crippen LogP) is 1.78. The Morgan fingerprint density at radius 2 is 2.00 bits per heavy atom. The van der Waals surface area contributed by atoms with E-state index in [4.69, 9.17) is 14.2 Å². The Hall–Kier alpha value is -0.530. The molecule has 0 amide bonds. The molecule has 0 spiro atoms. The first-order valence-corrected chi connectivity index (χ1v) is 7.61. The number of hydrogen-bond acceptors (Lipinski definition) is 4. The van der Waals surface area contributed by atoms with E-state index in [-0.39, 0.29) is 23.7 Å². The Balaban J connectivity index is 4.71. The van der Waals surface area contributed by atoms with E-state index < -0.39 is 11.0 Å². The number of hydrogen-bond donors (Lipinski definition) is 1. The van der Waals surface area contributed by atoms with Crippen molar-refractivity contribution in [3.8, 4) is 0 Å². The van der Waals surface area contributed by atoms with Gasteiger partial charge in [0.2, 0.25) is 0 Å². The number of rotatable bonds is 11. The molecule has 0 aliphatic rings. The van der Waals surface area contributed by atoms with Gasteiger partial charge in [0.05, 0.1) is 41.1 Å². The Morgan fingerprint density at radius 1 is 1.35 bits per heavy atom. The third-order valence-electron chi connectivity index (χ3n) is 2.35. The minimum Gasteiger partial charge on any atom is -0.376 e. The molecule has 0 saturated heterocycles. The molecule has 0 rings (SSSR count). The molecule has 0 aromatic rings. The van der Waals surface area contributed by atoms with E-state index in [0.717, 1.165) is 0 Å². The molecule has 3 atom stereocenters. The van der Waals surface area contributed by atoms with Gasteiger partial charge in [0, 0.05) is 7.11 Å². The van der Waals surface area contributed by atoms with Gasteiger partial charge in [-0.3, -0.25) is 0 Å². The maximum absolute atomic E-state index is 12.2. The quantitative estimate of drug-likeness (QED) is 0.359. The van der Waals surface area contributed by atoms with E-state index in [2.05, 4.69) is 17.9 Å². The molecule has 0 aliphatic heterocycles. The van der Waals surface area contributed by atoms with Gasteiger partial charge < -0.3 is 14.2 Å². The Bertz CT molecular complexity index is 315. The molecule has 0 aliphatic carbocycles. The van der Waals surface area contributed by atoms with Crippen LogP contribution >= 0.6 is 0 Å². The van der Waals surface area contributed by atoms with Gasteiger partial charge in [0.15, 0.2) is 0 Å². The second-order valence-corrected chi connectivity index (χ2v) is 7.20. The number of nitrogens with one attached hydrogen (secondary N) is 1. The van der Waals surface area contributed by atoms with Crippen LogP contribution in [0.1, 0.15) is 20.8 Å². The van der Waals surface area contributed by atoms with Gasteiger partial charge >= 0.3 is 0 Å². The Morgan fingerprint density at radius 3 is 2.45 bits per heavy atom. The second kappa shape index (κ2) is 10.2. The SMILES string of the molecule is C=CCOC[C@H](NS(=O)C(C)(C)C)[C@@H](C=C)OCOC. The zero-order valence-corrected chi connectivity index (χ0v) is 13.7. The van der Waals surface area contributed by atoms with Crippen LogP contribution in [-0.2, 0) is 25.2 Å². The molecule has 0 heterocycles. The Kier molecular flexibility index (Phi) is 9.96. The molecule has 0 saturated carbocycles. The first-order valence-electron chi connectivity index (χ1n) is 6.46. The topological polar surface area (TPSA) is 56.8 Å². The van der Waals surface area contributed by atoms with Crippen LogP contribution in [0.15, 0.2) is 25.3 Å². The van der Waals surface area contributed by atoms with Crippen LogP contribution in [0, 0.1) is 0 Å². The predicted molar refractivity (Wildman–Crippen MR) is 82.8 cm³/mol. The van der Waals surface area contributed by atoms with Gasteiger partial charge in [-0.15, -0.1) is 13.2 Å². The molecular formula is C14H27NO4S. The molecule has 0 aromatic heterocycles. The average molecular weight is 305 g/mol. The maximum Gasteiger partial charge on any atom is 0.147 e. The standard InChI is InChI=1S/C14H27NO4S/c1-7-9-18-10-12(13(8-2)19-11-17-6)15-20(16)14(3,4)5/h7-8,12-13,15H,1-2,9-11H2,3-6H3/t12-,13+,20?/m0/s1. The highest BCUT2D eigenvalue weighted by Crippen LogP contribution is 2.12. The highest BCUT2D eigenvalue weighted by atomic mass is 32.2. The molecule has 6 heteroatoms. The van der Waals surface area contributed by atoms with Crippen molar-refractivity contribution in [2.24, 2.45) is 0 Å². The molecule has 1 unspecified atom stereocenters. The van der Waals surface area contributed by atoms with Crippen LogP contribution < -0.4 is 4.72 Å². The fourth-order valence-electron chi connectivity index (χ4n) is 1.28. The van der Waals surface area contributed by atoms with Crippen molar-refractivity contribution in [2.45, 2.75) is 37.7 Å². The lowest BCUT2D eigenvalue weighted by molar-refractivity contribution is -0.0708. The first kappa shape index (κ1) is 19.5. The zero-order chi connectivity index (χ0) is 15.6. The summed E-state index contributed by atoms with van der Waals surface area (Å²) in [5.41, 5.74) is 0. The van der Waals surface area contributed by atoms with Crippen molar-refractivity contribution in [2.75, 3.05) is 27.1 Å². The molecule has 20 heavy (non-hydrogen) atoms. The normalized spacial score (nSPS) is 16.4. The van der Waals surface area contributed by atoms with Gasteiger partial charge in [0.25, 0.3) is 0 Å². The third kappa shape index (κ3) is 7.91. The van der Waals surface area contributed by atoms with Crippen LogP contribution in [0.4, 0.5) is 0 Å². The molecule has 0 aromatic carbocycles. The van der Waals surface area contributed by atoms with Crippen LogP contribution in [0.5, 0.6) is 0 Å². The first-order chi connectivity index (χ1) is 9.36. The summed E-state index contributed by atoms with van der Waals surface area (Å²) in [4.78, 5) is 0. The average Bonchev–Trinajstić information content (AvgIpc) is 2.38. The van der Waals surface area contributed by atoms with Gasteiger partial charge in [-0.1, -0.05) is 12.2 Å². The van der Waals surface area contributed by atoms with Crippen molar-refractivity contribution >= 4 is 11.0 Å². The van der Waals surface area contributed by atoms with Gasteiger partial charge in [-0.2, -0.15) is 0 Å². The molecule has 0 radical (unpaired) electrons. The molecule has 5 nitrogen and oxygen atoms in total. The number of methoxy groups -OCH3 is 1. The second-order valence-electron chi connectivity index (χ2n) is 5.21. The summed E-state index contributed by atoms with van der Waals surface area (Å²) in [5, 5.41) is 0. The van der Waals surface area contributed by atoms with E-state index in [0.29, 0.717) is 13.2 Å². The van der Waals surface area contributed by atoms with Gasteiger partial charge in [-0.25, -0.2) is 8.93 Å². The monoisotopic (exact) mass is 305 g/mol. The lowest BCUT2D eigenvalue weighted by Gasteiger charge is -2.28.